The van der Waals surface area contributed by atoms with Crippen molar-refractivity contribution in [1.82, 2.24) is 20.4 Å². The molecule has 30 heavy (non-hydrogen) atoms. The van der Waals surface area contributed by atoms with Gasteiger partial charge in [0, 0.05) is 36.8 Å². The van der Waals surface area contributed by atoms with E-state index < -0.39 is 0 Å². The molecular weight excluding hydrogens is 383 g/mol. The summed E-state index contributed by atoms with van der Waals surface area (Å²) >= 11 is 0. The van der Waals surface area contributed by atoms with E-state index in [1.54, 1.807) is 7.11 Å². The zero-order chi connectivity index (χ0) is 20.9. The Morgan fingerprint density at radius 2 is 2.07 bits per heavy atom. The van der Waals surface area contributed by atoms with E-state index in [4.69, 9.17) is 4.74 Å². The average molecular weight is 408 g/mol. The molecular formula is C23H25FN4O2. The largest absolute Gasteiger partial charge is 0.496 e. The number of hydrogen-bond acceptors (Lipinski definition) is 4. The summed E-state index contributed by atoms with van der Waals surface area (Å²) in [6.45, 7) is 3.00. The fourth-order valence-corrected chi connectivity index (χ4v) is 3.86. The lowest BCUT2D eigenvalue weighted by atomic mass is 10.0. The molecule has 156 valence electrons. The molecule has 1 aromatic heterocycles. The summed E-state index contributed by atoms with van der Waals surface area (Å²) in [6.07, 6.45) is 0.992. The molecule has 4 rings (SSSR count). The molecule has 0 spiro atoms. The van der Waals surface area contributed by atoms with Gasteiger partial charge in [-0.15, -0.1) is 0 Å². The Bertz CT molecular complexity index is 1000. The zero-order valence-electron chi connectivity index (χ0n) is 16.9. The maximum absolute atomic E-state index is 13.1. The van der Waals surface area contributed by atoms with Gasteiger partial charge >= 0.3 is 0 Å². The number of benzene rings is 2. The SMILES string of the molecule is COc1ccccc1CNC(=O)c1cc(C2CCN(Cc3ccc(F)cc3)C2)[nH]n1. The van der Waals surface area contributed by atoms with Crippen LogP contribution in [0.1, 0.15) is 39.6 Å². The predicted molar refractivity (Wildman–Crippen MR) is 112 cm³/mol. The predicted octanol–water partition coefficient (Wildman–Crippen LogP) is 3.48. The number of aromatic nitrogens is 2. The molecule has 1 saturated heterocycles. The minimum absolute atomic E-state index is 0.216. The first-order chi connectivity index (χ1) is 14.6. The lowest BCUT2D eigenvalue weighted by molar-refractivity contribution is 0.0945. The number of likely N-dealkylation sites (tertiary alicyclic amines) is 1. The lowest BCUT2D eigenvalue weighted by Crippen LogP contribution is -2.23. The van der Waals surface area contributed by atoms with Crippen LogP contribution in [0.2, 0.25) is 0 Å². The van der Waals surface area contributed by atoms with Crippen molar-refractivity contribution in [1.29, 1.82) is 0 Å². The molecule has 0 aliphatic carbocycles. The Morgan fingerprint density at radius 3 is 2.87 bits per heavy atom. The fourth-order valence-electron chi connectivity index (χ4n) is 3.86. The second-order valence-electron chi connectivity index (χ2n) is 7.55. The number of H-pyrrole nitrogens is 1. The van der Waals surface area contributed by atoms with Crippen molar-refractivity contribution in [3.05, 3.63) is 82.9 Å². The summed E-state index contributed by atoms with van der Waals surface area (Å²) in [4.78, 5) is 14.8. The normalized spacial score (nSPS) is 16.5. The van der Waals surface area contributed by atoms with Crippen LogP contribution in [0.25, 0.3) is 0 Å². The third-order valence-electron chi connectivity index (χ3n) is 5.49. The van der Waals surface area contributed by atoms with Gasteiger partial charge in [0.05, 0.1) is 7.11 Å². The van der Waals surface area contributed by atoms with Gasteiger partial charge in [-0.05, 0) is 42.8 Å². The Kier molecular flexibility index (Phi) is 6.09. The smallest absolute Gasteiger partial charge is 0.272 e. The standard InChI is InChI=1S/C23H25FN4O2/c1-30-22-5-3-2-4-17(22)13-25-23(29)21-12-20(26-27-21)18-10-11-28(15-18)14-16-6-8-19(24)9-7-16/h2-9,12,18H,10-11,13-15H2,1H3,(H,25,29)(H,26,27). The van der Waals surface area contributed by atoms with Crippen LogP contribution in [0.5, 0.6) is 5.75 Å². The molecule has 6 nitrogen and oxygen atoms in total. The van der Waals surface area contributed by atoms with Crippen molar-refractivity contribution in [2.75, 3.05) is 20.2 Å². The van der Waals surface area contributed by atoms with Gasteiger partial charge in [-0.3, -0.25) is 14.8 Å². The van der Waals surface area contributed by atoms with Gasteiger partial charge in [-0.1, -0.05) is 30.3 Å². The second-order valence-corrected chi connectivity index (χ2v) is 7.55. The number of hydrogen-bond donors (Lipinski definition) is 2. The molecule has 0 saturated carbocycles. The molecule has 2 aromatic carbocycles. The lowest BCUT2D eigenvalue weighted by Gasteiger charge is -2.15. The number of methoxy groups -OCH3 is 1. The van der Waals surface area contributed by atoms with Crippen LogP contribution in [-0.4, -0.2) is 41.2 Å². The Labute approximate surface area is 175 Å². The van der Waals surface area contributed by atoms with Crippen molar-refractivity contribution in [2.24, 2.45) is 0 Å². The van der Waals surface area contributed by atoms with Crippen molar-refractivity contribution in [2.45, 2.75) is 25.4 Å². The van der Waals surface area contributed by atoms with E-state index >= 15 is 0 Å². The number of ether oxygens (including phenoxy) is 1. The van der Waals surface area contributed by atoms with Gasteiger partial charge in [0.1, 0.15) is 17.3 Å². The molecule has 3 aromatic rings. The van der Waals surface area contributed by atoms with Gasteiger partial charge in [0.25, 0.3) is 5.91 Å². The van der Waals surface area contributed by atoms with Crippen LogP contribution in [0, 0.1) is 5.82 Å². The second kappa shape index (κ2) is 9.09. The van der Waals surface area contributed by atoms with Gasteiger partial charge in [0.2, 0.25) is 0 Å². The molecule has 1 amide bonds. The van der Waals surface area contributed by atoms with Gasteiger partial charge in [0.15, 0.2) is 0 Å². The third kappa shape index (κ3) is 4.68. The topological polar surface area (TPSA) is 70.2 Å². The molecule has 1 aliphatic rings. The average Bonchev–Trinajstić information content (AvgIpc) is 3.43. The van der Waals surface area contributed by atoms with Crippen LogP contribution in [0.3, 0.4) is 0 Å². The van der Waals surface area contributed by atoms with E-state index in [9.17, 15) is 9.18 Å². The van der Waals surface area contributed by atoms with Crippen molar-refractivity contribution < 1.29 is 13.9 Å². The van der Waals surface area contributed by atoms with Crippen LogP contribution < -0.4 is 10.1 Å². The van der Waals surface area contributed by atoms with E-state index in [0.29, 0.717) is 18.2 Å². The van der Waals surface area contributed by atoms with Crippen LogP contribution in [-0.2, 0) is 13.1 Å². The number of para-hydroxylation sites is 1. The molecule has 0 radical (unpaired) electrons. The third-order valence-corrected chi connectivity index (χ3v) is 5.49. The fraction of sp³-hybridized carbons (Fsp3) is 0.304. The number of halogens is 1. The summed E-state index contributed by atoms with van der Waals surface area (Å²) < 4.78 is 18.4. The van der Waals surface area contributed by atoms with Crippen molar-refractivity contribution >= 4 is 5.91 Å². The highest BCUT2D eigenvalue weighted by Crippen LogP contribution is 2.27. The van der Waals surface area contributed by atoms with Crippen LogP contribution in [0.15, 0.2) is 54.6 Å². The number of rotatable bonds is 7. The Hall–Kier alpha value is -3.19. The first kappa shape index (κ1) is 20.1. The van der Waals surface area contributed by atoms with Gasteiger partial charge in [-0.25, -0.2) is 4.39 Å². The quantitative estimate of drug-likeness (QED) is 0.628. The Morgan fingerprint density at radius 1 is 1.27 bits per heavy atom. The Balaban J connectivity index is 1.32. The maximum Gasteiger partial charge on any atom is 0.272 e. The molecule has 1 fully saturated rings. The van der Waals surface area contributed by atoms with E-state index in [1.807, 2.05) is 42.5 Å². The minimum Gasteiger partial charge on any atom is -0.496 e. The van der Waals surface area contributed by atoms with Crippen LogP contribution in [0.4, 0.5) is 4.39 Å². The van der Waals surface area contributed by atoms with Gasteiger partial charge < -0.3 is 10.1 Å². The summed E-state index contributed by atoms with van der Waals surface area (Å²) in [5.74, 6) is 0.609. The minimum atomic E-state index is -0.218. The molecule has 2 N–H and O–H groups in total. The van der Waals surface area contributed by atoms with E-state index in [1.165, 1.54) is 12.1 Å². The number of nitrogens with zero attached hydrogens (tertiary/aromatic N) is 2. The van der Waals surface area contributed by atoms with Crippen LogP contribution >= 0.6 is 0 Å². The molecule has 1 aliphatic heterocycles. The van der Waals surface area contributed by atoms with E-state index in [2.05, 4.69) is 20.4 Å². The van der Waals surface area contributed by atoms with E-state index in [0.717, 1.165) is 48.6 Å². The first-order valence-corrected chi connectivity index (χ1v) is 10.0. The van der Waals surface area contributed by atoms with Crippen molar-refractivity contribution in [3.63, 3.8) is 0 Å². The molecule has 1 unspecified atom stereocenters. The number of carbonyl (C=O) groups excluding carboxylic acids is 1. The van der Waals surface area contributed by atoms with E-state index in [-0.39, 0.29) is 11.7 Å². The van der Waals surface area contributed by atoms with Crippen molar-refractivity contribution in [3.8, 4) is 5.75 Å². The summed E-state index contributed by atoms with van der Waals surface area (Å²) in [5.41, 5.74) is 3.37. The summed E-state index contributed by atoms with van der Waals surface area (Å²) in [5, 5.41) is 10.1. The van der Waals surface area contributed by atoms with Gasteiger partial charge in [-0.2, -0.15) is 5.10 Å². The summed E-state index contributed by atoms with van der Waals surface area (Å²) in [6, 6.07) is 16.1. The molecule has 0 bridgehead atoms. The number of carbonyl (C=O) groups is 1. The molecule has 7 heteroatoms. The maximum atomic E-state index is 13.1. The zero-order valence-corrected chi connectivity index (χ0v) is 16.9. The monoisotopic (exact) mass is 408 g/mol. The highest BCUT2D eigenvalue weighted by atomic mass is 19.1. The highest BCUT2D eigenvalue weighted by Gasteiger charge is 2.26. The summed E-state index contributed by atoms with van der Waals surface area (Å²) in [7, 11) is 1.61. The number of aromatic amines is 1. The number of nitrogens with one attached hydrogen (secondary N) is 2. The first-order valence-electron chi connectivity index (χ1n) is 10.0. The molecule has 2 heterocycles. The molecule has 1 atom stereocenters. The number of amides is 1. The highest BCUT2D eigenvalue weighted by molar-refractivity contribution is 5.92.